The largest absolute Gasteiger partial charge is 0.389 e. The summed E-state index contributed by atoms with van der Waals surface area (Å²) in [7, 11) is 0. The minimum absolute atomic E-state index is 0.143. The Bertz CT molecular complexity index is 402. The first-order chi connectivity index (χ1) is 8.02. The van der Waals surface area contributed by atoms with Gasteiger partial charge in [-0.3, -0.25) is 0 Å². The first kappa shape index (κ1) is 12.8. The van der Waals surface area contributed by atoms with Crippen LogP contribution in [-0.4, -0.2) is 23.4 Å². The zero-order valence-electron chi connectivity index (χ0n) is 9.75. The standard InChI is InChI=1S/C13H16ClFO2/c1-2-17-11-7-13(16,8-11)6-9-3-4-10(15)5-12(9)14/h3-5,11,16H,2,6-8H2,1H3. The number of hydrogen-bond acceptors (Lipinski definition) is 2. The third-order valence-electron chi connectivity index (χ3n) is 3.15. The van der Waals surface area contributed by atoms with Crippen LogP contribution in [0.15, 0.2) is 18.2 Å². The van der Waals surface area contributed by atoms with Crippen molar-refractivity contribution in [3.63, 3.8) is 0 Å². The molecule has 0 amide bonds. The van der Waals surface area contributed by atoms with Crippen molar-refractivity contribution in [3.8, 4) is 0 Å². The summed E-state index contributed by atoms with van der Waals surface area (Å²) in [5, 5.41) is 10.6. The van der Waals surface area contributed by atoms with Gasteiger partial charge in [0.2, 0.25) is 0 Å². The summed E-state index contributed by atoms with van der Waals surface area (Å²) in [6, 6.07) is 4.27. The van der Waals surface area contributed by atoms with E-state index in [1.54, 1.807) is 6.07 Å². The lowest BCUT2D eigenvalue weighted by Crippen LogP contribution is -2.49. The van der Waals surface area contributed by atoms with Crippen molar-refractivity contribution in [2.45, 2.75) is 37.9 Å². The molecule has 2 nitrogen and oxygen atoms in total. The molecule has 0 atom stereocenters. The SMILES string of the molecule is CCOC1CC(O)(Cc2ccc(F)cc2Cl)C1. The number of rotatable bonds is 4. The van der Waals surface area contributed by atoms with Crippen LogP contribution < -0.4 is 0 Å². The molecule has 1 aromatic carbocycles. The van der Waals surface area contributed by atoms with E-state index >= 15 is 0 Å². The first-order valence-corrected chi connectivity index (χ1v) is 6.18. The molecule has 4 heteroatoms. The zero-order chi connectivity index (χ0) is 12.5. The molecule has 1 saturated carbocycles. The van der Waals surface area contributed by atoms with Crippen molar-refractivity contribution in [2.75, 3.05) is 6.61 Å². The van der Waals surface area contributed by atoms with Crippen molar-refractivity contribution in [2.24, 2.45) is 0 Å². The van der Waals surface area contributed by atoms with Gasteiger partial charge in [0.25, 0.3) is 0 Å². The molecule has 2 rings (SSSR count). The highest BCUT2D eigenvalue weighted by Crippen LogP contribution is 2.38. The van der Waals surface area contributed by atoms with E-state index < -0.39 is 5.60 Å². The molecule has 17 heavy (non-hydrogen) atoms. The third-order valence-corrected chi connectivity index (χ3v) is 3.50. The van der Waals surface area contributed by atoms with Gasteiger partial charge in [-0.05, 0) is 24.6 Å². The van der Waals surface area contributed by atoms with E-state index in [4.69, 9.17) is 16.3 Å². The van der Waals surface area contributed by atoms with Crippen molar-refractivity contribution in [3.05, 3.63) is 34.6 Å². The minimum Gasteiger partial charge on any atom is -0.389 e. The molecule has 94 valence electrons. The van der Waals surface area contributed by atoms with Crippen molar-refractivity contribution < 1.29 is 14.2 Å². The molecule has 0 unspecified atom stereocenters. The Morgan fingerprint density at radius 3 is 2.82 bits per heavy atom. The van der Waals surface area contributed by atoms with E-state index in [0.717, 1.165) is 5.56 Å². The summed E-state index contributed by atoms with van der Waals surface area (Å²) in [5.74, 6) is -0.355. The Morgan fingerprint density at radius 1 is 1.53 bits per heavy atom. The molecule has 0 aliphatic heterocycles. The summed E-state index contributed by atoms with van der Waals surface area (Å²) in [4.78, 5) is 0. The average molecular weight is 259 g/mol. The van der Waals surface area contributed by atoms with Crippen LogP contribution in [0.1, 0.15) is 25.3 Å². The highest BCUT2D eigenvalue weighted by molar-refractivity contribution is 6.31. The van der Waals surface area contributed by atoms with Crippen LogP contribution >= 0.6 is 11.6 Å². The third kappa shape index (κ3) is 2.97. The summed E-state index contributed by atoms with van der Waals surface area (Å²) in [5.41, 5.74) is 0.0342. The van der Waals surface area contributed by atoms with Gasteiger partial charge in [-0.2, -0.15) is 0 Å². The Labute approximate surface area is 105 Å². The number of aliphatic hydroxyl groups is 1. The zero-order valence-corrected chi connectivity index (χ0v) is 10.5. The Balaban J connectivity index is 1.98. The molecule has 1 aromatic rings. The molecule has 0 aromatic heterocycles. The molecule has 0 radical (unpaired) electrons. The maximum absolute atomic E-state index is 12.9. The molecule has 1 fully saturated rings. The van der Waals surface area contributed by atoms with Gasteiger partial charge in [0.15, 0.2) is 0 Å². The second-order valence-electron chi connectivity index (χ2n) is 4.62. The van der Waals surface area contributed by atoms with Gasteiger partial charge in [-0.15, -0.1) is 0 Å². The molecule has 0 heterocycles. The van der Waals surface area contributed by atoms with Gasteiger partial charge in [0, 0.05) is 30.9 Å². The Morgan fingerprint density at radius 2 is 2.24 bits per heavy atom. The number of ether oxygens (including phenoxy) is 1. The van der Waals surface area contributed by atoms with E-state index in [0.29, 0.717) is 30.9 Å². The van der Waals surface area contributed by atoms with Gasteiger partial charge >= 0.3 is 0 Å². The maximum Gasteiger partial charge on any atom is 0.124 e. The molecule has 1 aliphatic carbocycles. The normalized spacial score (nSPS) is 27.9. The predicted octanol–water partition coefficient (Wildman–Crippen LogP) is 2.95. The quantitative estimate of drug-likeness (QED) is 0.900. The van der Waals surface area contributed by atoms with E-state index in [-0.39, 0.29) is 11.9 Å². The number of benzene rings is 1. The molecule has 0 spiro atoms. The summed E-state index contributed by atoms with van der Waals surface area (Å²) in [6.45, 7) is 2.60. The lowest BCUT2D eigenvalue weighted by molar-refractivity contribution is -0.136. The highest BCUT2D eigenvalue weighted by Gasteiger charge is 2.43. The van der Waals surface area contributed by atoms with Crippen LogP contribution in [0.3, 0.4) is 0 Å². The van der Waals surface area contributed by atoms with Crippen LogP contribution in [0.5, 0.6) is 0 Å². The monoisotopic (exact) mass is 258 g/mol. The van der Waals surface area contributed by atoms with Gasteiger partial charge in [-0.1, -0.05) is 17.7 Å². The lowest BCUT2D eigenvalue weighted by atomic mass is 9.73. The minimum atomic E-state index is -0.749. The predicted molar refractivity (Wildman–Crippen MR) is 64.7 cm³/mol. The molecule has 1 aliphatic rings. The molecule has 0 saturated heterocycles. The first-order valence-electron chi connectivity index (χ1n) is 5.80. The maximum atomic E-state index is 12.9. The lowest BCUT2D eigenvalue weighted by Gasteiger charge is -2.43. The fourth-order valence-electron chi connectivity index (χ4n) is 2.31. The van der Waals surface area contributed by atoms with Gasteiger partial charge in [-0.25, -0.2) is 4.39 Å². The molecule has 1 N–H and O–H groups in total. The van der Waals surface area contributed by atoms with Crippen LogP contribution in [0, 0.1) is 5.82 Å². The highest BCUT2D eigenvalue weighted by atomic mass is 35.5. The Kier molecular flexibility index (Phi) is 3.71. The fraction of sp³-hybridized carbons (Fsp3) is 0.538. The van der Waals surface area contributed by atoms with Gasteiger partial charge in [0.05, 0.1) is 11.7 Å². The van der Waals surface area contributed by atoms with Crippen LogP contribution in [0.2, 0.25) is 5.02 Å². The summed E-state index contributed by atoms with van der Waals surface area (Å²) < 4.78 is 18.3. The topological polar surface area (TPSA) is 29.5 Å². The van der Waals surface area contributed by atoms with Crippen molar-refractivity contribution >= 4 is 11.6 Å². The van der Waals surface area contributed by atoms with E-state index in [9.17, 15) is 9.50 Å². The van der Waals surface area contributed by atoms with Crippen molar-refractivity contribution in [1.82, 2.24) is 0 Å². The fourth-order valence-corrected chi connectivity index (χ4v) is 2.54. The van der Waals surface area contributed by atoms with Gasteiger partial charge in [0.1, 0.15) is 5.82 Å². The second kappa shape index (κ2) is 4.92. The van der Waals surface area contributed by atoms with Crippen LogP contribution in [0.4, 0.5) is 4.39 Å². The van der Waals surface area contributed by atoms with E-state index in [1.165, 1.54) is 12.1 Å². The van der Waals surface area contributed by atoms with Crippen LogP contribution in [0.25, 0.3) is 0 Å². The average Bonchev–Trinajstić information content (AvgIpc) is 2.21. The summed E-state index contributed by atoms with van der Waals surface area (Å²) >= 11 is 5.93. The molecular formula is C13H16ClFO2. The smallest absolute Gasteiger partial charge is 0.124 e. The molecule has 0 bridgehead atoms. The number of halogens is 2. The number of hydrogen-bond donors (Lipinski definition) is 1. The second-order valence-corrected chi connectivity index (χ2v) is 5.03. The van der Waals surface area contributed by atoms with Gasteiger partial charge < -0.3 is 9.84 Å². The Hall–Kier alpha value is -0.640. The van der Waals surface area contributed by atoms with Crippen LogP contribution in [-0.2, 0) is 11.2 Å². The van der Waals surface area contributed by atoms with E-state index in [1.807, 2.05) is 6.92 Å². The molecular weight excluding hydrogens is 243 g/mol. The summed E-state index contributed by atoms with van der Waals surface area (Å²) in [6.07, 6.45) is 1.84. The van der Waals surface area contributed by atoms with Crippen molar-refractivity contribution in [1.29, 1.82) is 0 Å². The van der Waals surface area contributed by atoms with E-state index in [2.05, 4.69) is 0 Å².